The van der Waals surface area contributed by atoms with Crippen LogP contribution in [0.5, 0.6) is 0 Å². The predicted molar refractivity (Wildman–Crippen MR) is 147 cm³/mol. The van der Waals surface area contributed by atoms with Crippen molar-refractivity contribution in [1.29, 1.82) is 0 Å². The maximum absolute atomic E-state index is 12.4. The molecule has 4 heterocycles. The number of carbonyl (C=O) groups excluding carboxylic acids is 1. The quantitative estimate of drug-likeness (QED) is 0.427. The van der Waals surface area contributed by atoms with Crippen molar-refractivity contribution >= 4 is 17.0 Å². The fourth-order valence-corrected chi connectivity index (χ4v) is 5.66. The number of hydrogen-bond donors (Lipinski definition) is 0. The van der Waals surface area contributed by atoms with E-state index in [2.05, 4.69) is 49.0 Å². The molecule has 9 nitrogen and oxygen atoms in total. The Morgan fingerprint density at radius 2 is 1.82 bits per heavy atom. The Bertz CT molecular complexity index is 1260. The van der Waals surface area contributed by atoms with E-state index in [-0.39, 0.29) is 12.0 Å². The lowest BCUT2D eigenvalue weighted by molar-refractivity contribution is 0.0165. The van der Waals surface area contributed by atoms with Crippen molar-refractivity contribution in [1.82, 2.24) is 29.7 Å². The average molecular weight is 523 g/mol. The number of amides is 1. The Morgan fingerprint density at radius 1 is 1.11 bits per heavy atom. The molecule has 1 aromatic carbocycles. The maximum atomic E-state index is 12.4. The highest BCUT2D eigenvalue weighted by molar-refractivity contribution is 5.84. The van der Waals surface area contributed by atoms with Gasteiger partial charge in [0.25, 0.3) is 5.95 Å². The molecule has 0 unspecified atom stereocenters. The van der Waals surface area contributed by atoms with Crippen LogP contribution in [-0.2, 0) is 4.74 Å². The van der Waals surface area contributed by atoms with Gasteiger partial charge in [0, 0.05) is 30.9 Å². The first-order valence-electron chi connectivity index (χ1n) is 14.1. The Labute approximate surface area is 225 Å². The fourth-order valence-electron chi connectivity index (χ4n) is 5.66. The molecule has 0 radical (unpaired) electrons. The van der Waals surface area contributed by atoms with E-state index in [0.717, 1.165) is 75.0 Å². The number of aromatic nitrogens is 4. The molecule has 0 atom stereocenters. The molecule has 2 saturated heterocycles. The van der Waals surface area contributed by atoms with Gasteiger partial charge in [0.05, 0.1) is 11.2 Å². The van der Waals surface area contributed by atoms with Crippen molar-refractivity contribution in [2.45, 2.75) is 84.7 Å². The Morgan fingerprint density at radius 3 is 2.47 bits per heavy atom. The molecule has 1 amide bonds. The molecule has 2 aliphatic rings. The number of likely N-dealkylation sites (tertiary alicyclic amines) is 2. The largest absolute Gasteiger partial charge is 0.444 e. The summed E-state index contributed by atoms with van der Waals surface area (Å²) in [4.78, 5) is 21.6. The van der Waals surface area contributed by atoms with Gasteiger partial charge in [0.2, 0.25) is 5.89 Å². The maximum Gasteiger partial charge on any atom is 0.410 e. The smallest absolute Gasteiger partial charge is 0.410 e. The molecule has 5 rings (SSSR count). The summed E-state index contributed by atoms with van der Waals surface area (Å²) in [6, 6.07) is 6.41. The van der Waals surface area contributed by atoms with Gasteiger partial charge in [-0.05, 0) is 95.1 Å². The molecular formula is C29H42N6O3. The zero-order valence-electron chi connectivity index (χ0n) is 23.7. The van der Waals surface area contributed by atoms with Gasteiger partial charge in [-0.2, -0.15) is 14.8 Å². The van der Waals surface area contributed by atoms with E-state index in [9.17, 15) is 4.79 Å². The monoisotopic (exact) mass is 522 g/mol. The molecule has 0 N–H and O–H groups in total. The van der Waals surface area contributed by atoms with Crippen LogP contribution in [0, 0.1) is 12.8 Å². The number of carbonyl (C=O) groups is 1. The number of rotatable bonds is 5. The minimum Gasteiger partial charge on any atom is -0.444 e. The first-order valence-corrected chi connectivity index (χ1v) is 14.1. The van der Waals surface area contributed by atoms with Crippen molar-refractivity contribution < 1.29 is 14.1 Å². The van der Waals surface area contributed by atoms with E-state index in [1.54, 1.807) is 0 Å². The summed E-state index contributed by atoms with van der Waals surface area (Å²) in [6.45, 7) is 16.8. The van der Waals surface area contributed by atoms with E-state index in [1.807, 2.05) is 30.4 Å². The lowest BCUT2D eigenvalue weighted by atomic mass is 9.93. The lowest BCUT2D eigenvalue weighted by Gasteiger charge is -2.37. The molecule has 2 aliphatic heterocycles. The third kappa shape index (κ3) is 5.87. The molecule has 9 heteroatoms. The van der Waals surface area contributed by atoms with Gasteiger partial charge < -0.3 is 19.1 Å². The fraction of sp³-hybridized carbons (Fsp3) is 0.655. The second kappa shape index (κ2) is 10.7. The number of piperidine rings is 2. The zero-order chi connectivity index (χ0) is 27.0. The summed E-state index contributed by atoms with van der Waals surface area (Å²) >= 11 is 0. The van der Waals surface area contributed by atoms with E-state index >= 15 is 0 Å². The van der Waals surface area contributed by atoms with Gasteiger partial charge in [-0.3, -0.25) is 0 Å². The van der Waals surface area contributed by atoms with Crippen LogP contribution in [0.1, 0.15) is 89.3 Å². The highest BCUT2D eigenvalue weighted by Gasteiger charge is 2.30. The summed E-state index contributed by atoms with van der Waals surface area (Å²) in [7, 11) is 0. The van der Waals surface area contributed by atoms with Crippen molar-refractivity contribution in [3.05, 3.63) is 35.3 Å². The van der Waals surface area contributed by atoms with Crippen LogP contribution in [0.3, 0.4) is 0 Å². The van der Waals surface area contributed by atoms with Crippen LogP contribution in [0.4, 0.5) is 4.79 Å². The molecule has 0 aliphatic carbocycles. The number of hydrogen-bond acceptors (Lipinski definition) is 7. The second-order valence-electron chi connectivity index (χ2n) is 12.4. The third-order valence-electron chi connectivity index (χ3n) is 7.75. The van der Waals surface area contributed by atoms with Crippen LogP contribution in [0.2, 0.25) is 0 Å². The van der Waals surface area contributed by atoms with Crippen molar-refractivity contribution in [3.63, 3.8) is 0 Å². The molecule has 2 fully saturated rings. The van der Waals surface area contributed by atoms with Gasteiger partial charge in [-0.1, -0.05) is 26.0 Å². The second-order valence-corrected chi connectivity index (χ2v) is 12.4. The molecule has 3 aromatic rings. The third-order valence-corrected chi connectivity index (χ3v) is 7.75. The summed E-state index contributed by atoms with van der Waals surface area (Å²) in [5.41, 5.74) is 2.81. The average Bonchev–Trinajstić information content (AvgIpc) is 3.49. The Kier molecular flexibility index (Phi) is 7.49. The minimum absolute atomic E-state index is 0.186. The van der Waals surface area contributed by atoms with Crippen LogP contribution >= 0.6 is 0 Å². The first-order chi connectivity index (χ1) is 18.1. The van der Waals surface area contributed by atoms with Crippen molar-refractivity contribution in [2.24, 2.45) is 5.92 Å². The van der Waals surface area contributed by atoms with Gasteiger partial charge in [0.1, 0.15) is 5.60 Å². The lowest BCUT2D eigenvalue weighted by Crippen LogP contribution is -2.44. The van der Waals surface area contributed by atoms with Crippen LogP contribution in [0.15, 0.2) is 22.7 Å². The van der Waals surface area contributed by atoms with Gasteiger partial charge in [0.15, 0.2) is 0 Å². The summed E-state index contributed by atoms with van der Waals surface area (Å²) in [5.74, 6) is 2.43. The highest BCUT2D eigenvalue weighted by Crippen LogP contribution is 2.31. The zero-order valence-corrected chi connectivity index (χ0v) is 23.7. The standard InChI is InChI=1S/C29H42N6O3/c1-19(2)25-23-8-7-20(3)17-24(23)35(31-25)27-30-26(38-32-27)22-11-13-33(14-12-22)18-21-9-15-34(16-10-21)28(36)37-29(4,5)6/h7-8,17,19,21-22H,9-16,18H2,1-6H3. The molecule has 0 saturated carbocycles. The van der Waals surface area contributed by atoms with Gasteiger partial charge in [-0.15, -0.1) is 0 Å². The van der Waals surface area contributed by atoms with Crippen molar-refractivity contribution in [3.8, 4) is 5.95 Å². The molecule has 38 heavy (non-hydrogen) atoms. The highest BCUT2D eigenvalue weighted by atomic mass is 16.6. The van der Waals surface area contributed by atoms with Crippen LogP contribution in [-0.4, -0.2) is 74.1 Å². The van der Waals surface area contributed by atoms with E-state index in [1.165, 1.54) is 5.56 Å². The van der Waals surface area contributed by atoms with E-state index in [4.69, 9.17) is 19.3 Å². The topological polar surface area (TPSA) is 89.5 Å². The van der Waals surface area contributed by atoms with Crippen LogP contribution in [0.25, 0.3) is 16.9 Å². The summed E-state index contributed by atoms with van der Waals surface area (Å²) < 4.78 is 13.1. The molecule has 206 valence electrons. The van der Waals surface area contributed by atoms with Gasteiger partial charge >= 0.3 is 6.09 Å². The predicted octanol–water partition coefficient (Wildman–Crippen LogP) is 5.67. The number of aryl methyl sites for hydroxylation is 1. The van der Waals surface area contributed by atoms with Gasteiger partial charge in [-0.25, -0.2) is 4.79 Å². The summed E-state index contributed by atoms with van der Waals surface area (Å²) in [6.07, 6.45) is 3.89. The first kappa shape index (κ1) is 26.7. The van der Waals surface area contributed by atoms with Crippen molar-refractivity contribution in [2.75, 3.05) is 32.7 Å². The number of nitrogens with zero attached hydrogens (tertiary/aromatic N) is 6. The van der Waals surface area contributed by atoms with Crippen LogP contribution < -0.4 is 0 Å². The van der Waals surface area contributed by atoms with E-state index < -0.39 is 5.60 Å². The minimum atomic E-state index is -0.445. The summed E-state index contributed by atoms with van der Waals surface area (Å²) in [5, 5.41) is 10.3. The Hall–Kier alpha value is -2.94. The number of ether oxygens (including phenoxy) is 1. The molecular weight excluding hydrogens is 480 g/mol. The number of fused-ring (bicyclic) bond motifs is 1. The molecule has 0 spiro atoms. The molecule has 2 aromatic heterocycles. The normalized spacial score (nSPS) is 18.6. The van der Waals surface area contributed by atoms with E-state index in [0.29, 0.717) is 23.7 Å². The number of benzene rings is 1. The Balaban J connectivity index is 1.16. The molecule has 0 bridgehead atoms. The SMILES string of the molecule is Cc1ccc2c(C(C)C)nn(-c3noc(C4CCN(CC5CCN(C(=O)OC(C)(C)C)CC5)CC4)n3)c2c1.